The molecule has 0 spiro atoms. The molecule has 1 atom stereocenters. The van der Waals surface area contributed by atoms with E-state index in [1.165, 1.54) is 5.06 Å². The van der Waals surface area contributed by atoms with Gasteiger partial charge in [0, 0.05) is 18.5 Å². The van der Waals surface area contributed by atoms with E-state index in [0.717, 1.165) is 11.3 Å². The number of hydrogen-bond donors (Lipinski definition) is 2. The number of ether oxygens (including phenoxy) is 1. The minimum atomic E-state index is -0.820. The average molecular weight is 299 g/mol. The fourth-order valence-electron chi connectivity index (χ4n) is 2.56. The largest absolute Gasteiger partial charge is 0.448 e. The van der Waals surface area contributed by atoms with Crippen molar-refractivity contribution in [3.05, 3.63) is 17.5 Å². The van der Waals surface area contributed by atoms with Crippen molar-refractivity contribution in [2.75, 3.05) is 13.2 Å². The van der Waals surface area contributed by atoms with Crippen molar-refractivity contribution in [2.45, 2.75) is 19.1 Å². The van der Waals surface area contributed by atoms with Crippen molar-refractivity contribution in [2.24, 2.45) is 5.73 Å². The molecule has 10 heteroatoms. The lowest BCUT2D eigenvalue weighted by Crippen LogP contribution is -2.30. The van der Waals surface area contributed by atoms with Crippen LogP contribution in [0.2, 0.25) is 0 Å². The molecule has 1 saturated heterocycles. The van der Waals surface area contributed by atoms with Crippen LogP contribution in [-0.2, 0) is 22.1 Å². The van der Waals surface area contributed by atoms with E-state index in [1.54, 1.807) is 15.8 Å². The van der Waals surface area contributed by atoms with Crippen LogP contribution in [0, 0.1) is 0 Å². The van der Waals surface area contributed by atoms with Gasteiger partial charge in [-0.15, -0.1) is 0 Å². The maximum absolute atomic E-state index is 12.0. The number of primary amides is 1. The SMILES string of the molecule is NC(=O)OCCn1ncc2c1CN1CC2N(OS)C1=O. The Bertz CT molecular complexity index is 562. The quantitative estimate of drug-likeness (QED) is 0.604. The second-order valence-electron chi connectivity index (χ2n) is 4.52. The first-order valence-corrected chi connectivity index (χ1v) is 6.35. The van der Waals surface area contributed by atoms with Gasteiger partial charge in [-0.2, -0.15) is 10.2 Å². The van der Waals surface area contributed by atoms with Crippen LogP contribution in [0.4, 0.5) is 9.59 Å². The van der Waals surface area contributed by atoms with Crippen molar-refractivity contribution in [3.63, 3.8) is 0 Å². The molecule has 1 aromatic heterocycles. The maximum Gasteiger partial charge on any atom is 0.404 e. The summed E-state index contributed by atoms with van der Waals surface area (Å²) in [6.45, 7) is 1.51. The summed E-state index contributed by atoms with van der Waals surface area (Å²) < 4.78 is 11.2. The molecule has 0 aromatic carbocycles. The highest BCUT2D eigenvalue weighted by molar-refractivity contribution is 7.75. The first-order chi connectivity index (χ1) is 9.61. The average Bonchev–Trinajstić information content (AvgIpc) is 2.92. The molecule has 108 valence electrons. The molecule has 0 saturated carbocycles. The van der Waals surface area contributed by atoms with Crippen LogP contribution in [-0.4, -0.2) is 45.0 Å². The lowest BCUT2D eigenvalue weighted by Gasteiger charge is -2.22. The van der Waals surface area contributed by atoms with Gasteiger partial charge in [-0.1, -0.05) is 0 Å². The van der Waals surface area contributed by atoms with Crippen LogP contribution in [0.1, 0.15) is 17.3 Å². The Morgan fingerprint density at radius 2 is 2.40 bits per heavy atom. The highest BCUT2D eigenvalue weighted by Gasteiger charge is 2.45. The summed E-state index contributed by atoms with van der Waals surface area (Å²) in [5.41, 5.74) is 6.72. The third-order valence-electron chi connectivity index (χ3n) is 3.45. The zero-order valence-corrected chi connectivity index (χ0v) is 11.3. The Morgan fingerprint density at radius 3 is 3.10 bits per heavy atom. The molecule has 3 heterocycles. The van der Waals surface area contributed by atoms with E-state index in [-0.39, 0.29) is 18.7 Å². The third-order valence-corrected chi connectivity index (χ3v) is 3.63. The summed E-state index contributed by atoms with van der Waals surface area (Å²) >= 11 is 3.71. The first kappa shape index (κ1) is 13.1. The van der Waals surface area contributed by atoms with E-state index in [4.69, 9.17) is 10.0 Å². The number of hydrogen-bond acceptors (Lipinski definition) is 6. The monoisotopic (exact) mass is 299 g/mol. The summed E-state index contributed by atoms with van der Waals surface area (Å²) in [7, 11) is 0. The van der Waals surface area contributed by atoms with E-state index in [9.17, 15) is 9.59 Å². The van der Waals surface area contributed by atoms with Crippen molar-refractivity contribution in [1.29, 1.82) is 0 Å². The molecule has 0 radical (unpaired) electrons. The topological polar surface area (TPSA) is 103 Å². The number of nitrogens with two attached hydrogens (primary N) is 1. The number of fused-ring (bicyclic) bond motifs is 4. The molecule has 2 aliphatic heterocycles. The molecule has 1 fully saturated rings. The van der Waals surface area contributed by atoms with Crippen molar-refractivity contribution >= 4 is 25.0 Å². The first-order valence-electron chi connectivity index (χ1n) is 5.98. The van der Waals surface area contributed by atoms with E-state index in [1.807, 2.05) is 0 Å². The fourth-order valence-corrected chi connectivity index (χ4v) is 2.75. The standard InChI is InChI=1S/C10H13N5O4S/c11-9(16)18-2-1-14-7-4-13-5-8(6(7)3-12-14)15(19-20)10(13)17/h3,8,20H,1-2,4-5H2,(H2,11,16). The summed E-state index contributed by atoms with van der Waals surface area (Å²) in [5, 5.41) is 5.47. The number of aromatic nitrogens is 2. The van der Waals surface area contributed by atoms with Gasteiger partial charge in [0.15, 0.2) is 0 Å². The number of carbonyl (C=O) groups excluding carboxylic acids is 2. The second kappa shape index (κ2) is 4.87. The summed E-state index contributed by atoms with van der Waals surface area (Å²) in [6.07, 6.45) is 0.875. The van der Waals surface area contributed by atoms with E-state index >= 15 is 0 Å². The van der Waals surface area contributed by atoms with Gasteiger partial charge in [0.25, 0.3) is 0 Å². The molecule has 1 unspecified atom stereocenters. The van der Waals surface area contributed by atoms with Crippen molar-refractivity contribution in [1.82, 2.24) is 19.7 Å². The molecule has 2 bridgehead atoms. The number of thiol groups is 1. The normalized spacial score (nSPS) is 20.2. The highest BCUT2D eigenvalue weighted by Crippen LogP contribution is 2.37. The molecule has 2 aliphatic rings. The summed E-state index contributed by atoms with van der Waals surface area (Å²) in [4.78, 5) is 24.2. The van der Waals surface area contributed by atoms with E-state index < -0.39 is 6.09 Å². The Hall–Kier alpha value is -1.94. The molecule has 0 aliphatic carbocycles. The van der Waals surface area contributed by atoms with Crippen LogP contribution < -0.4 is 5.73 Å². The van der Waals surface area contributed by atoms with Crippen LogP contribution in [0.3, 0.4) is 0 Å². The van der Waals surface area contributed by atoms with Gasteiger partial charge < -0.3 is 15.4 Å². The number of urea groups is 1. The number of hydroxylamine groups is 2. The predicted molar refractivity (Wildman–Crippen MR) is 68.2 cm³/mol. The van der Waals surface area contributed by atoms with Crippen LogP contribution in [0.5, 0.6) is 0 Å². The summed E-state index contributed by atoms with van der Waals surface area (Å²) in [5.74, 6) is 0. The molecular weight excluding hydrogens is 286 g/mol. The Morgan fingerprint density at radius 1 is 1.60 bits per heavy atom. The van der Waals surface area contributed by atoms with Crippen LogP contribution >= 0.6 is 12.9 Å². The Kier molecular flexibility index (Phi) is 3.18. The predicted octanol–water partition coefficient (Wildman–Crippen LogP) is 0.0471. The molecule has 1 aromatic rings. The molecule has 2 N–H and O–H groups in total. The third kappa shape index (κ3) is 1.96. The second-order valence-corrected chi connectivity index (χ2v) is 4.69. The minimum Gasteiger partial charge on any atom is -0.448 e. The fraction of sp³-hybridized carbons (Fsp3) is 0.500. The lowest BCUT2D eigenvalue weighted by atomic mass is 10.1. The van der Waals surface area contributed by atoms with Gasteiger partial charge in [0.05, 0.1) is 31.5 Å². The van der Waals surface area contributed by atoms with Crippen molar-refractivity contribution in [3.8, 4) is 0 Å². The smallest absolute Gasteiger partial charge is 0.404 e. The zero-order chi connectivity index (χ0) is 14.3. The van der Waals surface area contributed by atoms with Crippen LogP contribution in [0.25, 0.3) is 0 Å². The van der Waals surface area contributed by atoms with Gasteiger partial charge in [-0.3, -0.25) is 4.68 Å². The highest BCUT2D eigenvalue weighted by atomic mass is 32.1. The van der Waals surface area contributed by atoms with E-state index in [0.29, 0.717) is 19.6 Å². The lowest BCUT2D eigenvalue weighted by molar-refractivity contribution is -0.00366. The van der Waals surface area contributed by atoms with Gasteiger partial charge >= 0.3 is 12.1 Å². The van der Waals surface area contributed by atoms with E-state index in [2.05, 4.69) is 22.7 Å². The number of amides is 3. The maximum atomic E-state index is 12.0. The number of nitrogens with zero attached hydrogens (tertiary/aromatic N) is 4. The number of rotatable bonds is 4. The number of carbonyl (C=O) groups is 2. The molecule has 3 amide bonds. The molecule has 20 heavy (non-hydrogen) atoms. The van der Waals surface area contributed by atoms with Gasteiger partial charge in [0.1, 0.15) is 12.6 Å². The zero-order valence-electron chi connectivity index (χ0n) is 10.4. The van der Waals surface area contributed by atoms with Crippen molar-refractivity contribution < 1.29 is 18.6 Å². The van der Waals surface area contributed by atoms with Gasteiger partial charge in [-0.25, -0.2) is 13.9 Å². The molecule has 9 nitrogen and oxygen atoms in total. The molecule has 3 rings (SSSR count). The Labute approximate surface area is 119 Å². The van der Waals surface area contributed by atoms with Gasteiger partial charge in [-0.05, 0) is 0 Å². The Balaban J connectivity index is 1.80. The van der Waals surface area contributed by atoms with Crippen LogP contribution in [0.15, 0.2) is 6.20 Å². The summed E-state index contributed by atoms with van der Waals surface area (Å²) in [6, 6.07) is -0.435. The minimum absolute atomic E-state index is 0.134. The molecular formula is C10H13N5O4S. The van der Waals surface area contributed by atoms with Gasteiger partial charge in [0.2, 0.25) is 0 Å².